The summed E-state index contributed by atoms with van der Waals surface area (Å²) in [4.78, 5) is 20.8. The topological polar surface area (TPSA) is 96.3 Å². The maximum Gasteiger partial charge on any atom is 0.414 e. The highest BCUT2D eigenvalue weighted by Crippen LogP contribution is 2.19. The second-order valence-electron chi connectivity index (χ2n) is 6.10. The van der Waals surface area contributed by atoms with Crippen molar-refractivity contribution in [2.24, 2.45) is 0 Å². The van der Waals surface area contributed by atoms with Gasteiger partial charge in [-0.3, -0.25) is 0 Å². The number of methoxy groups -OCH3 is 1. The van der Waals surface area contributed by atoms with Gasteiger partial charge in [0.05, 0.1) is 13.7 Å². The molecule has 0 atom stereocenters. The Balaban J connectivity index is 0.000000487. The van der Waals surface area contributed by atoms with E-state index in [1.165, 1.54) is 51.7 Å². The summed E-state index contributed by atoms with van der Waals surface area (Å²) >= 11 is 0. The van der Waals surface area contributed by atoms with E-state index in [2.05, 4.69) is 4.90 Å². The first-order valence-electron chi connectivity index (χ1n) is 8.98. The van der Waals surface area contributed by atoms with E-state index in [9.17, 15) is 0 Å². The van der Waals surface area contributed by atoms with E-state index in [4.69, 9.17) is 29.3 Å². The minimum atomic E-state index is -1.82. The molecule has 0 saturated carbocycles. The number of hydrogen-bond donors (Lipinski definition) is 2. The number of aliphatic carboxylic acids is 2. The van der Waals surface area contributed by atoms with Crippen LogP contribution in [0.1, 0.15) is 38.5 Å². The Bertz CT molecular complexity index is 531. The summed E-state index contributed by atoms with van der Waals surface area (Å²) in [7, 11) is 1.68. The quantitative estimate of drug-likeness (QED) is 0.539. The van der Waals surface area contributed by atoms with Crippen LogP contribution in [0, 0.1) is 0 Å². The maximum absolute atomic E-state index is 9.10. The van der Waals surface area contributed by atoms with Gasteiger partial charge in [-0.15, -0.1) is 0 Å². The number of piperidine rings is 1. The van der Waals surface area contributed by atoms with Crippen molar-refractivity contribution in [1.29, 1.82) is 0 Å². The van der Waals surface area contributed by atoms with Gasteiger partial charge < -0.3 is 24.6 Å². The molecular formula is C19H29NO6. The minimum absolute atomic E-state index is 0.799. The van der Waals surface area contributed by atoms with Crippen LogP contribution in [-0.2, 0) is 9.59 Å². The zero-order valence-electron chi connectivity index (χ0n) is 15.4. The highest BCUT2D eigenvalue weighted by Gasteiger charge is 2.08. The van der Waals surface area contributed by atoms with Crippen LogP contribution in [0.25, 0.3) is 0 Å². The first-order chi connectivity index (χ1) is 12.5. The van der Waals surface area contributed by atoms with Crippen LogP contribution in [0.5, 0.6) is 11.5 Å². The monoisotopic (exact) mass is 367 g/mol. The van der Waals surface area contributed by atoms with Crippen molar-refractivity contribution in [1.82, 2.24) is 4.90 Å². The van der Waals surface area contributed by atoms with Crippen LogP contribution in [-0.4, -0.2) is 60.4 Å². The maximum atomic E-state index is 9.10. The van der Waals surface area contributed by atoms with Crippen LogP contribution in [0.3, 0.4) is 0 Å². The molecule has 2 N–H and O–H groups in total. The van der Waals surface area contributed by atoms with Crippen LogP contribution >= 0.6 is 0 Å². The van der Waals surface area contributed by atoms with Gasteiger partial charge in [0, 0.05) is 6.07 Å². The number of unbranched alkanes of at least 4 members (excludes halogenated alkanes) is 2. The number of carbonyl (C=O) groups is 2. The molecule has 0 aromatic heterocycles. The molecule has 26 heavy (non-hydrogen) atoms. The molecule has 1 aromatic rings. The molecule has 1 fully saturated rings. The lowest BCUT2D eigenvalue weighted by molar-refractivity contribution is -0.159. The van der Waals surface area contributed by atoms with E-state index >= 15 is 0 Å². The van der Waals surface area contributed by atoms with Gasteiger partial charge in [-0.2, -0.15) is 0 Å². The summed E-state index contributed by atoms with van der Waals surface area (Å²) in [6.45, 7) is 4.67. The third-order valence-electron chi connectivity index (χ3n) is 4.06. The Labute approximate surface area is 154 Å². The number of ether oxygens (including phenoxy) is 2. The van der Waals surface area contributed by atoms with Crippen LogP contribution in [0.15, 0.2) is 24.3 Å². The summed E-state index contributed by atoms with van der Waals surface area (Å²) < 4.78 is 10.9. The summed E-state index contributed by atoms with van der Waals surface area (Å²) in [6.07, 6.45) is 7.87. The predicted molar refractivity (Wildman–Crippen MR) is 97.9 cm³/mol. The third kappa shape index (κ3) is 9.88. The first kappa shape index (κ1) is 21.8. The van der Waals surface area contributed by atoms with Crippen molar-refractivity contribution in [3.05, 3.63) is 24.3 Å². The average Bonchev–Trinajstić information content (AvgIpc) is 2.66. The second-order valence-corrected chi connectivity index (χ2v) is 6.10. The van der Waals surface area contributed by atoms with Crippen molar-refractivity contribution in [3.63, 3.8) is 0 Å². The summed E-state index contributed by atoms with van der Waals surface area (Å²) in [6, 6.07) is 7.82. The smallest absolute Gasteiger partial charge is 0.414 e. The number of nitrogens with zero attached hydrogens (tertiary/aromatic N) is 1. The van der Waals surface area contributed by atoms with Gasteiger partial charge in [-0.25, -0.2) is 9.59 Å². The lowest BCUT2D eigenvalue weighted by atomic mass is 10.1. The Morgan fingerprint density at radius 1 is 1.00 bits per heavy atom. The minimum Gasteiger partial charge on any atom is -0.497 e. The molecule has 0 amide bonds. The molecule has 1 aromatic carbocycles. The Morgan fingerprint density at radius 3 is 2.27 bits per heavy atom. The Morgan fingerprint density at radius 2 is 1.65 bits per heavy atom. The molecule has 1 heterocycles. The fourth-order valence-electron chi connectivity index (χ4n) is 2.68. The third-order valence-corrected chi connectivity index (χ3v) is 4.06. The van der Waals surface area contributed by atoms with Crippen molar-refractivity contribution in [2.75, 3.05) is 33.4 Å². The molecular weight excluding hydrogens is 338 g/mol. The fraction of sp³-hybridized carbons (Fsp3) is 0.579. The average molecular weight is 367 g/mol. The molecule has 1 aliphatic rings. The van der Waals surface area contributed by atoms with Crippen molar-refractivity contribution < 1.29 is 29.3 Å². The number of benzene rings is 1. The summed E-state index contributed by atoms with van der Waals surface area (Å²) in [5.41, 5.74) is 0. The summed E-state index contributed by atoms with van der Waals surface area (Å²) in [5, 5.41) is 14.8. The molecule has 146 valence electrons. The molecule has 7 nitrogen and oxygen atoms in total. The van der Waals surface area contributed by atoms with Gasteiger partial charge in [0.15, 0.2) is 0 Å². The van der Waals surface area contributed by atoms with Crippen molar-refractivity contribution >= 4 is 11.9 Å². The molecule has 2 rings (SSSR count). The SMILES string of the molecule is COc1cccc(OCCCCCN2CCCCC2)c1.O=C(O)C(=O)O. The zero-order chi connectivity index (χ0) is 19.2. The van der Waals surface area contributed by atoms with Gasteiger partial charge in [-0.1, -0.05) is 12.5 Å². The van der Waals surface area contributed by atoms with Crippen LogP contribution in [0.4, 0.5) is 0 Å². The molecule has 0 radical (unpaired) electrons. The number of rotatable bonds is 8. The van der Waals surface area contributed by atoms with Gasteiger partial charge in [0.2, 0.25) is 0 Å². The lowest BCUT2D eigenvalue weighted by Gasteiger charge is -2.26. The number of likely N-dealkylation sites (tertiary alicyclic amines) is 1. The summed E-state index contributed by atoms with van der Waals surface area (Å²) in [5.74, 6) is -1.89. The van der Waals surface area contributed by atoms with E-state index in [1.807, 2.05) is 24.3 Å². The molecule has 7 heteroatoms. The standard InChI is InChI=1S/C17H27NO2.C2H2O4/c1-19-16-9-8-10-17(15-16)20-14-7-3-6-13-18-11-4-2-5-12-18;3-1(4)2(5)6/h8-10,15H,2-7,11-14H2,1H3;(H,3,4)(H,5,6). The number of carboxylic acids is 2. The highest BCUT2D eigenvalue weighted by molar-refractivity contribution is 6.27. The Kier molecular flexibility index (Phi) is 10.9. The molecule has 1 aliphatic heterocycles. The van der Waals surface area contributed by atoms with Crippen LogP contribution in [0.2, 0.25) is 0 Å². The highest BCUT2D eigenvalue weighted by atomic mass is 16.5. The van der Waals surface area contributed by atoms with Crippen molar-refractivity contribution in [2.45, 2.75) is 38.5 Å². The molecule has 0 bridgehead atoms. The molecule has 0 unspecified atom stereocenters. The number of hydrogen-bond acceptors (Lipinski definition) is 5. The van der Waals surface area contributed by atoms with E-state index in [0.29, 0.717) is 0 Å². The van der Waals surface area contributed by atoms with E-state index in [1.54, 1.807) is 7.11 Å². The van der Waals surface area contributed by atoms with E-state index < -0.39 is 11.9 Å². The molecule has 0 spiro atoms. The van der Waals surface area contributed by atoms with Crippen LogP contribution < -0.4 is 9.47 Å². The van der Waals surface area contributed by atoms with Gasteiger partial charge in [-0.05, 0) is 63.9 Å². The lowest BCUT2D eigenvalue weighted by Crippen LogP contribution is -2.30. The zero-order valence-corrected chi connectivity index (χ0v) is 15.4. The normalized spacial score (nSPS) is 14.0. The molecule has 1 saturated heterocycles. The number of carboxylic acid groups (broad SMARTS) is 2. The Hall–Kier alpha value is -2.28. The van der Waals surface area contributed by atoms with Gasteiger partial charge >= 0.3 is 11.9 Å². The second kappa shape index (κ2) is 13.0. The first-order valence-corrected chi connectivity index (χ1v) is 8.98. The largest absolute Gasteiger partial charge is 0.497 e. The van der Waals surface area contributed by atoms with E-state index in [-0.39, 0.29) is 0 Å². The molecule has 0 aliphatic carbocycles. The van der Waals surface area contributed by atoms with Gasteiger partial charge in [0.1, 0.15) is 11.5 Å². The van der Waals surface area contributed by atoms with Crippen molar-refractivity contribution in [3.8, 4) is 11.5 Å². The predicted octanol–water partition coefficient (Wildman–Crippen LogP) is 2.89. The van der Waals surface area contributed by atoms with Gasteiger partial charge in [0.25, 0.3) is 0 Å². The van der Waals surface area contributed by atoms with E-state index in [0.717, 1.165) is 24.5 Å². The fourth-order valence-corrected chi connectivity index (χ4v) is 2.68.